The van der Waals surface area contributed by atoms with Crippen molar-refractivity contribution in [2.24, 2.45) is 0 Å². The van der Waals surface area contributed by atoms with Crippen LogP contribution in [0.25, 0.3) is 0 Å². The molecule has 9 heteroatoms. The quantitative estimate of drug-likeness (QED) is 0.749. The van der Waals surface area contributed by atoms with E-state index in [4.69, 9.17) is 22.1 Å². The number of anilines is 2. The number of benzene rings is 1. The molecule has 2 aliphatic heterocycles. The molecule has 0 aliphatic carbocycles. The molecule has 158 valence electrons. The predicted molar refractivity (Wildman–Crippen MR) is 116 cm³/mol. The molecule has 8 nitrogen and oxygen atoms in total. The number of nitrogens with one attached hydrogen (secondary N) is 1. The van der Waals surface area contributed by atoms with Crippen LogP contribution in [0, 0.1) is 11.3 Å². The molecule has 0 radical (unpaired) electrons. The molecule has 1 aromatic heterocycles. The Morgan fingerprint density at radius 3 is 2.73 bits per heavy atom. The van der Waals surface area contributed by atoms with E-state index < -0.39 is 0 Å². The third-order valence-corrected chi connectivity index (χ3v) is 6.43. The Kier molecular flexibility index (Phi) is 5.45. The molecule has 0 amide bonds. The van der Waals surface area contributed by atoms with E-state index in [0.717, 1.165) is 41.3 Å². The lowest BCUT2D eigenvalue weighted by atomic mass is 9.86. The molecule has 3 heterocycles. The van der Waals surface area contributed by atoms with Crippen LogP contribution in [0.1, 0.15) is 61.0 Å². The largest absolute Gasteiger partial charge is 0.493 e. The maximum absolute atomic E-state index is 9.78. The second-order valence-electron chi connectivity index (χ2n) is 7.73. The van der Waals surface area contributed by atoms with Crippen LogP contribution >= 0.6 is 11.6 Å². The summed E-state index contributed by atoms with van der Waals surface area (Å²) < 4.78 is 6.14. The number of aromatic nitrogens is 2. The van der Waals surface area contributed by atoms with Crippen LogP contribution in [0.4, 0.5) is 11.6 Å². The van der Waals surface area contributed by atoms with Gasteiger partial charge in [0.25, 0.3) is 0 Å². The Bertz CT molecular complexity index is 1020. The molecular formula is C21H26ClN7O. The number of nitrogens with two attached hydrogens (primary N) is 1. The average Bonchev–Trinajstić information content (AvgIpc) is 2.93. The van der Waals surface area contributed by atoms with Crippen LogP contribution in [-0.2, 0) is 0 Å². The van der Waals surface area contributed by atoms with Gasteiger partial charge in [-0.15, -0.1) is 0 Å². The van der Waals surface area contributed by atoms with Gasteiger partial charge in [0.2, 0.25) is 0 Å². The zero-order chi connectivity index (χ0) is 21.6. The smallest absolute Gasteiger partial charge is 0.153 e. The van der Waals surface area contributed by atoms with Crippen molar-refractivity contribution < 1.29 is 4.74 Å². The average molecular weight is 428 g/mol. The van der Waals surface area contributed by atoms with Crippen LogP contribution in [0.15, 0.2) is 12.4 Å². The molecule has 4 rings (SSSR count). The normalized spacial score (nSPS) is 19.9. The van der Waals surface area contributed by atoms with Crippen molar-refractivity contribution >= 4 is 23.2 Å². The van der Waals surface area contributed by atoms with E-state index in [0.29, 0.717) is 23.0 Å². The number of nitriles is 1. The molecule has 2 aliphatic rings. The maximum Gasteiger partial charge on any atom is 0.153 e. The summed E-state index contributed by atoms with van der Waals surface area (Å²) in [6.07, 6.45) is 1.49. The molecule has 0 saturated carbocycles. The zero-order valence-electron chi connectivity index (χ0n) is 17.6. The highest BCUT2D eigenvalue weighted by molar-refractivity contribution is 6.32. The third-order valence-electron chi connectivity index (χ3n) is 6.13. The summed E-state index contributed by atoms with van der Waals surface area (Å²) >= 11 is 6.60. The number of hydrazine groups is 1. The van der Waals surface area contributed by atoms with Gasteiger partial charge in [0, 0.05) is 37.2 Å². The van der Waals surface area contributed by atoms with Crippen LogP contribution in [0.5, 0.6) is 5.75 Å². The van der Waals surface area contributed by atoms with Gasteiger partial charge in [-0.05, 0) is 26.8 Å². The molecule has 0 bridgehead atoms. The number of nitrogen functional groups attached to an aromatic ring is 1. The first-order chi connectivity index (χ1) is 14.4. The Hall–Kier alpha value is -2.60. The van der Waals surface area contributed by atoms with Crippen molar-refractivity contribution in [3.8, 4) is 11.8 Å². The van der Waals surface area contributed by atoms with Gasteiger partial charge >= 0.3 is 0 Å². The van der Waals surface area contributed by atoms with Gasteiger partial charge in [0.15, 0.2) is 5.82 Å². The fourth-order valence-corrected chi connectivity index (χ4v) is 4.64. The van der Waals surface area contributed by atoms with E-state index in [1.54, 1.807) is 0 Å². The molecule has 0 spiro atoms. The predicted octanol–water partition coefficient (Wildman–Crippen LogP) is 3.16. The summed E-state index contributed by atoms with van der Waals surface area (Å²) in [5.74, 6) is 2.21. The minimum Gasteiger partial charge on any atom is -0.493 e. The third kappa shape index (κ3) is 3.05. The minimum atomic E-state index is -0.147. The zero-order valence-corrected chi connectivity index (χ0v) is 18.4. The molecule has 1 aromatic carbocycles. The van der Waals surface area contributed by atoms with Crippen molar-refractivity contribution in [2.75, 3.05) is 37.5 Å². The van der Waals surface area contributed by atoms with E-state index in [1.807, 2.05) is 20.0 Å². The molecule has 2 atom stereocenters. The van der Waals surface area contributed by atoms with Gasteiger partial charge in [0.05, 0.1) is 34.8 Å². The minimum absolute atomic E-state index is 0.0309. The topological polar surface area (TPSA) is 103 Å². The summed E-state index contributed by atoms with van der Waals surface area (Å²) in [6.45, 7) is 8.21. The van der Waals surface area contributed by atoms with Crippen LogP contribution in [0.3, 0.4) is 0 Å². The maximum atomic E-state index is 9.78. The summed E-state index contributed by atoms with van der Waals surface area (Å²) in [4.78, 5) is 8.69. The van der Waals surface area contributed by atoms with Gasteiger partial charge in [-0.2, -0.15) is 5.26 Å². The second kappa shape index (κ2) is 7.91. The summed E-state index contributed by atoms with van der Waals surface area (Å²) in [7, 11) is 2.00. The van der Waals surface area contributed by atoms with E-state index in [1.165, 1.54) is 6.33 Å². The number of hydrogen-bond donors (Lipinski definition) is 2. The fourth-order valence-electron chi connectivity index (χ4n) is 4.38. The molecule has 1 saturated heterocycles. The van der Waals surface area contributed by atoms with Crippen molar-refractivity contribution in [1.82, 2.24) is 20.3 Å². The lowest BCUT2D eigenvalue weighted by Crippen LogP contribution is -2.41. The molecular weight excluding hydrogens is 402 g/mol. The van der Waals surface area contributed by atoms with Crippen molar-refractivity contribution in [1.29, 1.82) is 5.26 Å². The first-order valence-corrected chi connectivity index (χ1v) is 10.5. The van der Waals surface area contributed by atoms with Gasteiger partial charge in [-0.25, -0.2) is 15.0 Å². The van der Waals surface area contributed by atoms with E-state index >= 15 is 0 Å². The summed E-state index contributed by atoms with van der Waals surface area (Å²) in [5.41, 5.74) is 9.39. The Balaban J connectivity index is 1.88. The molecule has 2 aromatic rings. The number of rotatable bonds is 5. The number of ether oxygens (including phenoxy) is 1. The Labute approximate surface area is 181 Å². The molecule has 3 N–H and O–H groups in total. The fraction of sp³-hybridized carbons (Fsp3) is 0.476. The van der Waals surface area contributed by atoms with Crippen molar-refractivity contribution in [3.63, 3.8) is 0 Å². The SMILES string of the molecule is CCOc1c(C(C)N2c3ncnc(N)c3C(C)N2C)cc(Cl)c(C#N)c1C1CNC1. The highest BCUT2D eigenvalue weighted by Gasteiger charge is 2.40. The standard InChI is InChI=1S/C21H26ClN7O/c1-5-30-19-14(6-16(22)15(7-23)18(19)13-8-25-9-13)11(2)29-21-17(12(3)28(29)4)20(24)26-10-27-21/h6,10-13,25H,5,8-9H2,1-4H3,(H2,24,26,27). The van der Waals surface area contributed by atoms with E-state index in [2.05, 4.69) is 45.2 Å². The van der Waals surface area contributed by atoms with Gasteiger partial charge < -0.3 is 15.8 Å². The van der Waals surface area contributed by atoms with Crippen molar-refractivity contribution in [2.45, 2.75) is 38.8 Å². The molecule has 1 fully saturated rings. The van der Waals surface area contributed by atoms with Crippen LogP contribution in [0.2, 0.25) is 5.02 Å². The number of hydrogen-bond acceptors (Lipinski definition) is 8. The summed E-state index contributed by atoms with van der Waals surface area (Å²) in [6, 6.07) is 4.02. The number of halogens is 1. The highest BCUT2D eigenvalue weighted by Crippen LogP contribution is 2.48. The monoisotopic (exact) mass is 427 g/mol. The van der Waals surface area contributed by atoms with Crippen molar-refractivity contribution in [3.05, 3.63) is 39.7 Å². The number of nitrogens with zero attached hydrogens (tertiary/aromatic N) is 5. The number of fused-ring (bicyclic) bond motifs is 1. The first kappa shape index (κ1) is 20.7. The van der Waals surface area contributed by atoms with Crippen LogP contribution < -0.4 is 20.8 Å². The Morgan fingerprint density at radius 1 is 1.40 bits per heavy atom. The van der Waals surface area contributed by atoms with E-state index in [-0.39, 0.29) is 18.0 Å². The lowest BCUT2D eigenvalue weighted by molar-refractivity contribution is 0.238. The molecule has 2 unspecified atom stereocenters. The van der Waals surface area contributed by atoms with Crippen LogP contribution in [-0.4, -0.2) is 41.7 Å². The second-order valence-corrected chi connectivity index (χ2v) is 8.14. The van der Waals surface area contributed by atoms with Gasteiger partial charge in [0.1, 0.15) is 24.0 Å². The lowest BCUT2D eigenvalue weighted by Gasteiger charge is -2.36. The molecule has 30 heavy (non-hydrogen) atoms. The van der Waals surface area contributed by atoms with Gasteiger partial charge in [-0.3, -0.25) is 5.01 Å². The Morgan fingerprint density at radius 2 is 2.13 bits per heavy atom. The summed E-state index contributed by atoms with van der Waals surface area (Å²) in [5, 5.41) is 17.7. The van der Waals surface area contributed by atoms with Gasteiger partial charge in [-0.1, -0.05) is 11.6 Å². The van der Waals surface area contributed by atoms with E-state index in [9.17, 15) is 5.26 Å². The highest BCUT2D eigenvalue weighted by atomic mass is 35.5. The first-order valence-electron chi connectivity index (χ1n) is 10.1.